The van der Waals surface area contributed by atoms with Gasteiger partial charge in [-0.1, -0.05) is 24.9 Å². The first-order chi connectivity index (χ1) is 9.28. The van der Waals surface area contributed by atoms with E-state index in [4.69, 9.17) is 11.6 Å². The van der Waals surface area contributed by atoms with Gasteiger partial charge in [-0.3, -0.25) is 0 Å². The van der Waals surface area contributed by atoms with Crippen molar-refractivity contribution in [3.63, 3.8) is 0 Å². The molecule has 5 heteroatoms. The van der Waals surface area contributed by atoms with E-state index in [1.165, 1.54) is 0 Å². The Morgan fingerprint density at radius 3 is 2.68 bits per heavy atom. The molecule has 0 saturated heterocycles. The number of nitrogens with zero attached hydrogens (tertiary/aromatic N) is 2. The Morgan fingerprint density at radius 1 is 1.16 bits per heavy atom. The van der Waals surface area contributed by atoms with Gasteiger partial charge in [0.05, 0.1) is 0 Å². The molecule has 0 saturated carbocycles. The Balaban J connectivity index is 2.00. The average Bonchev–Trinajstić information content (AvgIpc) is 2.42. The number of hydrogen-bond donors (Lipinski definition) is 2. The molecule has 2 aromatic rings. The van der Waals surface area contributed by atoms with E-state index in [2.05, 4.69) is 27.5 Å². The van der Waals surface area contributed by atoms with Crippen molar-refractivity contribution < 1.29 is 0 Å². The van der Waals surface area contributed by atoms with Crippen LogP contribution >= 0.6 is 11.6 Å². The molecule has 0 spiro atoms. The van der Waals surface area contributed by atoms with Crippen LogP contribution in [0.2, 0.25) is 5.02 Å². The van der Waals surface area contributed by atoms with Gasteiger partial charge in [-0.05, 0) is 36.8 Å². The van der Waals surface area contributed by atoms with Crippen LogP contribution < -0.4 is 10.6 Å². The molecule has 0 aliphatic heterocycles. The lowest BCUT2D eigenvalue weighted by atomic mass is 10.3. The Hall–Kier alpha value is -1.81. The minimum Gasteiger partial charge on any atom is -0.370 e. The number of nitrogens with one attached hydrogen (secondary N) is 2. The summed E-state index contributed by atoms with van der Waals surface area (Å²) in [5, 5.41) is 7.12. The van der Waals surface area contributed by atoms with Gasteiger partial charge in [0, 0.05) is 23.5 Å². The van der Waals surface area contributed by atoms with Crippen LogP contribution in [-0.2, 0) is 0 Å². The van der Waals surface area contributed by atoms with Gasteiger partial charge in [-0.2, -0.15) is 4.98 Å². The van der Waals surface area contributed by atoms with E-state index in [-0.39, 0.29) is 0 Å². The van der Waals surface area contributed by atoms with Gasteiger partial charge in [-0.25, -0.2) is 4.98 Å². The Morgan fingerprint density at radius 2 is 1.95 bits per heavy atom. The van der Waals surface area contributed by atoms with Crippen LogP contribution in [0.15, 0.2) is 36.5 Å². The van der Waals surface area contributed by atoms with Crippen molar-refractivity contribution in [3.8, 4) is 0 Å². The first-order valence-electron chi connectivity index (χ1n) is 6.37. The van der Waals surface area contributed by atoms with Crippen molar-refractivity contribution >= 4 is 29.1 Å². The molecule has 2 N–H and O–H groups in total. The normalized spacial score (nSPS) is 10.2. The van der Waals surface area contributed by atoms with E-state index in [0.717, 1.165) is 30.9 Å². The third kappa shape index (κ3) is 4.41. The summed E-state index contributed by atoms with van der Waals surface area (Å²) in [7, 11) is 0. The fourth-order valence-corrected chi connectivity index (χ4v) is 1.70. The lowest BCUT2D eigenvalue weighted by Crippen LogP contribution is -2.05. The zero-order chi connectivity index (χ0) is 13.5. The van der Waals surface area contributed by atoms with Crippen molar-refractivity contribution in [1.82, 2.24) is 9.97 Å². The molecule has 0 radical (unpaired) electrons. The third-order valence-electron chi connectivity index (χ3n) is 2.59. The van der Waals surface area contributed by atoms with Gasteiger partial charge in [0.15, 0.2) is 0 Å². The standard InChI is InChI=1S/C14H17ClN4/c1-2-3-9-16-13-8-10-17-14(19-13)18-12-6-4-11(15)5-7-12/h4-8,10H,2-3,9H2,1H3,(H2,16,17,18,19). The van der Waals surface area contributed by atoms with E-state index in [1.807, 2.05) is 30.3 Å². The molecular weight excluding hydrogens is 260 g/mol. The summed E-state index contributed by atoms with van der Waals surface area (Å²) in [6.45, 7) is 3.09. The second-order valence-electron chi connectivity index (χ2n) is 4.18. The van der Waals surface area contributed by atoms with Crippen LogP contribution in [0, 0.1) is 0 Å². The summed E-state index contributed by atoms with van der Waals surface area (Å²) in [5.74, 6) is 1.41. The zero-order valence-corrected chi connectivity index (χ0v) is 11.6. The number of unbranched alkanes of at least 4 members (excludes halogenated alkanes) is 1. The molecule has 19 heavy (non-hydrogen) atoms. The number of hydrogen-bond acceptors (Lipinski definition) is 4. The van der Waals surface area contributed by atoms with Crippen molar-refractivity contribution in [2.75, 3.05) is 17.2 Å². The molecular formula is C14H17ClN4. The lowest BCUT2D eigenvalue weighted by molar-refractivity contribution is 0.830. The van der Waals surface area contributed by atoms with E-state index < -0.39 is 0 Å². The fourth-order valence-electron chi connectivity index (χ4n) is 1.57. The van der Waals surface area contributed by atoms with Gasteiger partial charge in [0.2, 0.25) is 5.95 Å². The largest absolute Gasteiger partial charge is 0.370 e. The SMILES string of the molecule is CCCCNc1ccnc(Nc2ccc(Cl)cc2)n1. The zero-order valence-electron chi connectivity index (χ0n) is 10.9. The summed E-state index contributed by atoms with van der Waals surface area (Å²) in [6.07, 6.45) is 4.03. The molecule has 1 aromatic carbocycles. The molecule has 0 unspecified atom stereocenters. The summed E-state index contributed by atoms with van der Waals surface area (Å²) in [6, 6.07) is 9.30. The van der Waals surface area contributed by atoms with E-state index in [1.54, 1.807) is 6.20 Å². The van der Waals surface area contributed by atoms with Gasteiger partial charge < -0.3 is 10.6 Å². The minimum atomic E-state index is 0.573. The van der Waals surface area contributed by atoms with Crippen LogP contribution in [0.4, 0.5) is 17.5 Å². The molecule has 0 aliphatic carbocycles. The van der Waals surface area contributed by atoms with Crippen molar-refractivity contribution in [2.24, 2.45) is 0 Å². The molecule has 2 rings (SSSR count). The van der Waals surface area contributed by atoms with Crippen molar-refractivity contribution in [2.45, 2.75) is 19.8 Å². The molecule has 1 aromatic heterocycles. The summed E-state index contributed by atoms with van der Waals surface area (Å²) in [5.41, 5.74) is 0.912. The monoisotopic (exact) mass is 276 g/mol. The van der Waals surface area contributed by atoms with Crippen molar-refractivity contribution in [1.29, 1.82) is 0 Å². The third-order valence-corrected chi connectivity index (χ3v) is 2.84. The van der Waals surface area contributed by atoms with Crippen LogP contribution in [-0.4, -0.2) is 16.5 Å². The summed E-state index contributed by atoms with van der Waals surface area (Å²) in [4.78, 5) is 8.59. The van der Waals surface area contributed by atoms with Gasteiger partial charge >= 0.3 is 0 Å². The summed E-state index contributed by atoms with van der Waals surface area (Å²) >= 11 is 5.84. The molecule has 100 valence electrons. The van der Waals surface area contributed by atoms with E-state index >= 15 is 0 Å². The molecule has 0 atom stereocenters. The highest BCUT2D eigenvalue weighted by Crippen LogP contribution is 2.17. The van der Waals surface area contributed by atoms with Gasteiger partial charge in [-0.15, -0.1) is 0 Å². The Labute approximate surface area is 118 Å². The molecule has 4 nitrogen and oxygen atoms in total. The number of benzene rings is 1. The molecule has 0 aliphatic rings. The number of anilines is 3. The minimum absolute atomic E-state index is 0.573. The highest BCUT2D eigenvalue weighted by molar-refractivity contribution is 6.30. The topological polar surface area (TPSA) is 49.8 Å². The van der Waals surface area contributed by atoms with Gasteiger partial charge in [0.25, 0.3) is 0 Å². The first kappa shape index (κ1) is 13.6. The number of aromatic nitrogens is 2. The van der Waals surface area contributed by atoms with E-state index in [0.29, 0.717) is 11.0 Å². The second kappa shape index (κ2) is 6.95. The van der Waals surface area contributed by atoms with Crippen LogP contribution in [0.1, 0.15) is 19.8 Å². The molecule has 0 fully saturated rings. The quantitative estimate of drug-likeness (QED) is 0.781. The number of halogens is 1. The maximum atomic E-state index is 5.84. The maximum Gasteiger partial charge on any atom is 0.229 e. The van der Waals surface area contributed by atoms with Gasteiger partial charge in [0.1, 0.15) is 5.82 Å². The predicted molar refractivity (Wildman–Crippen MR) is 80.2 cm³/mol. The van der Waals surface area contributed by atoms with Crippen LogP contribution in [0.3, 0.4) is 0 Å². The highest BCUT2D eigenvalue weighted by atomic mass is 35.5. The fraction of sp³-hybridized carbons (Fsp3) is 0.286. The van der Waals surface area contributed by atoms with E-state index in [9.17, 15) is 0 Å². The first-order valence-corrected chi connectivity index (χ1v) is 6.75. The Bertz CT molecular complexity index is 513. The number of rotatable bonds is 6. The maximum absolute atomic E-state index is 5.84. The molecule has 1 heterocycles. The van der Waals surface area contributed by atoms with Crippen LogP contribution in [0.25, 0.3) is 0 Å². The highest BCUT2D eigenvalue weighted by Gasteiger charge is 1.99. The average molecular weight is 277 g/mol. The smallest absolute Gasteiger partial charge is 0.229 e. The summed E-state index contributed by atoms with van der Waals surface area (Å²) < 4.78 is 0. The Kier molecular flexibility index (Phi) is 4.98. The lowest BCUT2D eigenvalue weighted by Gasteiger charge is -2.08. The molecule has 0 bridgehead atoms. The van der Waals surface area contributed by atoms with Crippen molar-refractivity contribution in [3.05, 3.63) is 41.6 Å². The predicted octanol–water partition coefficient (Wildman–Crippen LogP) is 4.09. The molecule has 0 amide bonds. The second-order valence-corrected chi connectivity index (χ2v) is 4.61. The van der Waals surface area contributed by atoms with Crippen LogP contribution in [0.5, 0.6) is 0 Å².